The van der Waals surface area contributed by atoms with Crippen LogP contribution in [0.15, 0.2) is 23.6 Å². The molecule has 0 amide bonds. The third-order valence-corrected chi connectivity index (χ3v) is 5.46. The summed E-state index contributed by atoms with van der Waals surface area (Å²) in [5.41, 5.74) is 1.96. The fourth-order valence-electron chi connectivity index (χ4n) is 1.75. The van der Waals surface area contributed by atoms with Gasteiger partial charge in [-0.2, -0.15) is 0 Å². The summed E-state index contributed by atoms with van der Waals surface area (Å²) in [7, 11) is 0. The average Bonchev–Trinajstić information content (AvgIpc) is 2.81. The van der Waals surface area contributed by atoms with E-state index in [9.17, 15) is 5.11 Å². The highest BCUT2D eigenvalue weighted by Gasteiger charge is 2.19. The maximum atomic E-state index is 10.3. The second kappa shape index (κ2) is 6.30. The lowest BCUT2D eigenvalue weighted by Crippen LogP contribution is -2.12. The van der Waals surface area contributed by atoms with E-state index in [0.717, 1.165) is 19.8 Å². The molecule has 2 nitrogen and oxygen atoms in total. The Morgan fingerprint density at radius 3 is 2.65 bits per heavy atom. The number of nitrogens with zero attached hydrogens (tertiary/aromatic N) is 1. The van der Waals surface area contributed by atoms with Crippen molar-refractivity contribution in [2.75, 3.05) is 0 Å². The van der Waals surface area contributed by atoms with Gasteiger partial charge >= 0.3 is 0 Å². The van der Waals surface area contributed by atoms with Crippen LogP contribution in [0.1, 0.15) is 43.1 Å². The van der Waals surface area contributed by atoms with Gasteiger partial charge in [0.25, 0.3) is 0 Å². The van der Waals surface area contributed by atoms with Gasteiger partial charge in [0, 0.05) is 20.8 Å². The molecule has 0 radical (unpaired) electrons. The Labute approximate surface area is 142 Å². The van der Waals surface area contributed by atoms with E-state index in [-0.39, 0.29) is 5.41 Å². The predicted octanol–water partition coefficient (Wildman–Crippen LogP) is 4.97. The molecule has 1 aromatic carbocycles. The van der Waals surface area contributed by atoms with E-state index in [4.69, 9.17) is 11.6 Å². The zero-order chi connectivity index (χ0) is 14.9. The Balaban J connectivity index is 2.13. The van der Waals surface area contributed by atoms with E-state index >= 15 is 0 Å². The van der Waals surface area contributed by atoms with E-state index in [1.807, 2.05) is 18.2 Å². The van der Waals surface area contributed by atoms with Gasteiger partial charge in [0.05, 0.1) is 21.8 Å². The molecule has 0 spiro atoms. The van der Waals surface area contributed by atoms with Gasteiger partial charge in [0.1, 0.15) is 0 Å². The minimum absolute atomic E-state index is 0.0475. The second-order valence-corrected chi connectivity index (χ2v) is 8.28. The van der Waals surface area contributed by atoms with Crippen LogP contribution in [-0.2, 0) is 11.8 Å². The molecular formula is C15H17ClINOS. The predicted molar refractivity (Wildman–Crippen MR) is 93.6 cm³/mol. The van der Waals surface area contributed by atoms with Crippen LogP contribution in [0, 0.1) is 3.57 Å². The van der Waals surface area contributed by atoms with E-state index in [0.29, 0.717) is 11.4 Å². The highest BCUT2D eigenvalue weighted by molar-refractivity contribution is 14.1. The molecule has 0 saturated carbocycles. The molecule has 1 unspecified atom stereocenters. The highest BCUT2D eigenvalue weighted by atomic mass is 127. The van der Waals surface area contributed by atoms with Gasteiger partial charge in [-0.25, -0.2) is 4.98 Å². The monoisotopic (exact) mass is 421 g/mol. The Kier molecular flexibility index (Phi) is 5.10. The number of hydrogen-bond donors (Lipinski definition) is 1. The molecule has 1 aromatic heterocycles. The van der Waals surface area contributed by atoms with Crippen LogP contribution in [0.4, 0.5) is 0 Å². The van der Waals surface area contributed by atoms with Crippen molar-refractivity contribution >= 4 is 45.5 Å². The van der Waals surface area contributed by atoms with Crippen molar-refractivity contribution in [3.05, 3.63) is 48.4 Å². The summed E-state index contributed by atoms with van der Waals surface area (Å²) in [4.78, 5) is 4.61. The summed E-state index contributed by atoms with van der Waals surface area (Å²) in [6.07, 6.45) is -0.0408. The molecule has 0 saturated heterocycles. The van der Waals surface area contributed by atoms with Crippen molar-refractivity contribution in [2.45, 2.75) is 38.7 Å². The fraction of sp³-hybridized carbons (Fsp3) is 0.400. The zero-order valence-electron chi connectivity index (χ0n) is 11.7. The first-order chi connectivity index (χ1) is 9.27. The zero-order valence-corrected chi connectivity index (χ0v) is 15.4. The second-order valence-electron chi connectivity index (χ2n) is 5.77. The molecule has 0 bridgehead atoms. The van der Waals surface area contributed by atoms with Crippen LogP contribution in [0.5, 0.6) is 0 Å². The summed E-state index contributed by atoms with van der Waals surface area (Å²) < 4.78 is 0.990. The number of halogens is 2. The maximum Gasteiger partial charge on any atom is 0.0957 e. The minimum Gasteiger partial charge on any atom is -0.388 e. The summed E-state index contributed by atoms with van der Waals surface area (Å²) in [5.74, 6) is 0. The Morgan fingerprint density at radius 2 is 2.10 bits per heavy atom. The van der Waals surface area contributed by atoms with E-state index in [1.165, 1.54) is 0 Å². The van der Waals surface area contributed by atoms with Crippen molar-refractivity contribution in [1.29, 1.82) is 0 Å². The molecule has 5 heteroatoms. The number of aliphatic hydroxyl groups is 1. The van der Waals surface area contributed by atoms with Crippen LogP contribution in [-0.4, -0.2) is 10.1 Å². The first kappa shape index (κ1) is 16.2. The van der Waals surface area contributed by atoms with E-state index in [1.54, 1.807) is 11.3 Å². The molecule has 20 heavy (non-hydrogen) atoms. The van der Waals surface area contributed by atoms with Crippen molar-refractivity contribution < 1.29 is 5.11 Å². The Morgan fingerprint density at radius 1 is 1.40 bits per heavy atom. The quantitative estimate of drug-likeness (QED) is 0.709. The molecule has 1 N–H and O–H groups in total. The summed E-state index contributed by atoms with van der Waals surface area (Å²) >= 11 is 9.87. The van der Waals surface area contributed by atoms with Crippen molar-refractivity contribution in [1.82, 2.24) is 4.98 Å². The molecule has 0 aliphatic rings. The largest absolute Gasteiger partial charge is 0.388 e. The SMILES string of the molecule is CC(C)(C)c1csc(CC(O)c2ccc(I)c(Cl)c2)n1. The van der Waals surface area contributed by atoms with E-state index < -0.39 is 6.10 Å². The van der Waals surface area contributed by atoms with Crippen LogP contribution in [0.2, 0.25) is 5.02 Å². The van der Waals surface area contributed by atoms with Crippen molar-refractivity contribution in [3.8, 4) is 0 Å². The Hall–Kier alpha value is -0.170. The van der Waals surface area contributed by atoms with E-state index in [2.05, 4.69) is 53.7 Å². The smallest absolute Gasteiger partial charge is 0.0957 e. The Bertz CT molecular complexity index is 606. The molecular weight excluding hydrogens is 405 g/mol. The maximum absolute atomic E-state index is 10.3. The first-order valence-electron chi connectivity index (χ1n) is 6.35. The number of thiazole rings is 1. The standard InChI is InChI=1S/C15H17ClINOS/c1-15(2,3)13-8-20-14(18-13)7-12(19)9-4-5-11(17)10(16)6-9/h4-6,8,12,19H,7H2,1-3H3. The topological polar surface area (TPSA) is 33.1 Å². The number of benzene rings is 1. The number of aromatic nitrogens is 1. The molecule has 2 aromatic rings. The first-order valence-corrected chi connectivity index (χ1v) is 8.69. The number of hydrogen-bond acceptors (Lipinski definition) is 3. The average molecular weight is 422 g/mol. The fourth-order valence-corrected chi connectivity index (χ4v) is 3.34. The number of rotatable bonds is 3. The molecule has 1 heterocycles. The molecule has 0 aliphatic carbocycles. The van der Waals surface area contributed by atoms with Crippen molar-refractivity contribution in [3.63, 3.8) is 0 Å². The molecule has 0 aliphatic heterocycles. The van der Waals surface area contributed by atoms with Gasteiger partial charge in [-0.05, 0) is 40.3 Å². The van der Waals surface area contributed by atoms with Gasteiger partial charge in [0.15, 0.2) is 0 Å². The van der Waals surface area contributed by atoms with Gasteiger partial charge in [-0.15, -0.1) is 11.3 Å². The van der Waals surface area contributed by atoms with Gasteiger partial charge in [0.2, 0.25) is 0 Å². The number of aliphatic hydroxyl groups excluding tert-OH is 1. The summed E-state index contributed by atoms with van der Waals surface area (Å²) in [6.45, 7) is 6.42. The lowest BCUT2D eigenvalue weighted by molar-refractivity contribution is 0.178. The van der Waals surface area contributed by atoms with Gasteiger partial charge in [-0.3, -0.25) is 0 Å². The molecule has 1 atom stereocenters. The van der Waals surface area contributed by atoms with Crippen molar-refractivity contribution in [2.24, 2.45) is 0 Å². The summed E-state index contributed by atoms with van der Waals surface area (Å²) in [6, 6.07) is 5.66. The lowest BCUT2D eigenvalue weighted by Gasteiger charge is -2.14. The van der Waals surface area contributed by atoms with Crippen LogP contribution in [0.25, 0.3) is 0 Å². The third kappa shape index (κ3) is 3.93. The van der Waals surface area contributed by atoms with Crippen LogP contribution in [0.3, 0.4) is 0 Å². The van der Waals surface area contributed by atoms with Gasteiger partial charge in [-0.1, -0.05) is 38.4 Å². The molecule has 2 rings (SSSR count). The van der Waals surface area contributed by atoms with Crippen LogP contribution < -0.4 is 0 Å². The van der Waals surface area contributed by atoms with Gasteiger partial charge < -0.3 is 5.11 Å². The molecule has 108 valence electrons. The third-order valence-electron chi connectivity index (χ3n) is 3.02. The summed E-state index contributed by atoms with van der Waals surface area (Å²) in [5, 5.41) is 14.0. The van der Waals surface area contributed by atoms with Crippen LogP contribution >= 0.6 is 45.5 Å². The lowest BCUT2D eigenvalue weighted by atomic mass is 9.93. The minimum atomic E-state index is -0.566. The molecule has 0 fully saturated rings. The normalized spacial score (nSPS) is 13.5. The highest BCUT2D eigenvalue weighted by Crippen LogP contribution is 2.28.